The lowest BCUT2D eigenvalue weighted by Gasteiger charge is -2.19. The van der Waals surface area contributed by atoms with E-state index in [2.05, 4.69) is 64.8 Å². The van der Waals surface area contributed by atoms with Crippen LogP contribution in [-0.4, -0.2) is 0 Å². The third-order valence-electron chi connectivity index (χ3n) is 3.25. The van der Waals surface area contributed by atoms with Crippen molar-refractivity contribution >= 4 is 31.9 Å². The van der Waals surface area contributed by atoms with E-state index in [1.54, 1.807) is 6.07 Å². The predicted octanol–water partition coefficient (Wildman–Crippen LogP) is 6.00. The second-order valence-corrected chi connectivity index (χ2v) is 6.53. The second-order valence-electron chi connectivity index (χ2n) is 4.82. The minimum atomic E-state index is -0.232. The van der Waals surface area contributed by atoms with Crippen LogP contribution in [0.2, 0.25) is 0 Å². The molecule has 2 rings (SSSR count). The Balaban J connectivity index is 2.56. The fourth-order valence-electron chi connectivity index (χ4n) is 2.46. The summed E-state index contributed by atoms with van der Waals surface area (Å²) in [5, 5.41) is 0. The Bertz CT molecular complexity index is 597. The van der Waals surface area contributed by atoms with Crippen LogP contribution in [0.25, 0.3) is 0 Å². The molecule has 0 spiro atoms. The molecule has 0 N–H and O–H groups in total. The fraction of sp³-hybridized carbons (Fsp3) is 0.250. The first-order valence-corrected chi connectivity index (χ1v) is 7.78. The number of aryl methyl sites for hydroxylation is 3. The van der Waals surface area contributed by atoms with E-state index < -0.39 is 0 Å². The zero-order valence-corrected chi connectivity index (χ0v) is 14.3. The van der Waals surface area contributed by atoms with Crippen molar-refractivity contribution < 1.29 is 4.39 Å². The SMILES string of the molecule is Cc1cc(C)c(C(Br)c2cccc(F)c2Br)c(C)c1. The van der Waals surface area contributed by atoms with E-state index in [1.807, 2.05) is 6.07 Å². The van der Waals surface area contributed by atoms with Crippen molar-refractivity contribution in [2.45, 2.75) is 25.6 Å². The smallest absolute Gasteiger partial charge is 0.137 e. The summed E-state index contributed by atoms with van der Waals surface area (Å²) in [7, 11) is 0. The molecular formula is C16H15Br2F. The second kappa shape index (κ2) is 5.76. The first kappa shape index (κ1) is 14.7. The summed E-state index contributed by atoms with van der Waals surface area (Å²) in [4.78, 5) is -0.0156. The zero-order valence-electron chi connectivity index (χ0n) is 11.1. The molecule has 0 fully saturated rings. The van der Waals surface area contributed by atoms with Crippen LogP contribution < -0.4 is 0 Å². The van der Waals surface area contributed by atoms with E-state index in [4.69, 9.17) is 0 Å². The highest BCUT2D eigenvalue weighted by Gasteiger charge is 2.19. The largest absolute Gasteiger partial charge is 0.206 e. The van der Waals surface area contributed by atoms with Gasteiger partial charge in [-0.3, -0.25) is 0 Å². The van der Waals surface area contributed by atoms with Crippen LogP contribution >= 0.6 is 31.9 Å². The molecule has 0 amide bonds. The third-order valence-corrected chi connectivity index (χ3v) is 5.03. The van der Waals surface area contributed by atoms with Gasteiger partial charge in [-0.15, -0.1) is 0 Å². The molecule has 3 heteroatoms. The summed E-state index contributed by atoms with van der Waals surface area (Å²) < 4.78 is 14.2. The lowest BCUT2D eigenvalue weighted by atomic mass is 9.94. The highest BCUT2D eigenvalue weighted by atomic mass is 79.9. The Morgan fingerprint density at radius 3 is 2.21 bits per heavy atom. The van der Waals surface area contributed by atoms with Gasteiger partial charge in [-0.2, -0.15) is 0 Å². The Hall–Kier alpha value is -0.670. The first-order chi connectivity index (χ1) is 8.91. The molecule has 100 valence electrons. The van der Waals surface area contributed by atoms with Crippen LogP contribution in [0.4, 0.5) is 4.39 Å². The van der Waals surface area contributed by atoms with Gasteiger partial charge in [0.1, 0.15) is 5.82 Å². The maximum Gasteiger partial charge on any atom is 0.137 e. The van der Waals surface area contributed by atoms with Crippen molar-refractivity contribution in [3.8, 4) is 0 Å². The Morgan fingerprint density at radius 1 is 1.05 bits per heavy atom. The molecule has 0 aromatic heterocycles. The molecule has 19 heavy (non-hydrogen) atoms. The van der Waals surface area contributed by atoms with E-state index >= 15 is 0 Å². The van der Waals surface area contributed by atoms with Crippen LogP contribution in [0.5, 0.6) is 0 Å². The van der Waals surface area contributed by atoms with E-state index in [0.717, 1.165) is 5.56 Å². The quantitative estimate of drug-likeness (QED) is 0.556. The summed E-state index contributed by atoms with van der Waals surface area (Å²) in [6.07, 6.45) is 0. The number of benzene rings is 2. The number of hydrogen-bond acceptors (Lipinski definition) is 0. The van der Waals surface area contributed by atoms with Crippen molar-refractivity contribution in [2.75, 3.05) is 0 Å². The highest BCUT2D eigenvalue weighted by molar-refractivity contribution is 9.11. The van der Waals surface area contributed by atoms with Crippen molar-refractivity contribution in [3.05, 3.63) is 68.4 Å². The number of hydrogen-bond donors (Lipinski definition) is 0. The van der Waals surface area contributed by atoms with Gasteiger partial charge < -0.3 is 0 Å². The van der Waals surface area contributed by atoms with Crippen molar-refractivity contribution in [2.24, 2.45) is 0 Å². The van der Waals surface area contributed by atoms with Crippen molar-refractivity contribution in [3.63, 3.8) is 0 Å². The van der Waals surface area contributed by atoms with Crippen LogP contribution in [0.1, 0.15) is 32.6 Å². The van der Waals surface area contributed by atoms with Gasteiger partial charge >= 0.3 is 0 Å². The first-order valence-electron chi connectivity index (χ1n) is 6.07. The average Bonchev–Trinajstić information content (AvgIpc) is 2.31. The zero-order chi connectivity index (χ0) is 14.2. The molecule has 1 atom stereocenters. The molecule has 2 aromatic carbocycles. The molecule has 1 unspecified atom stereocenters. The van der Waals surface area contributed by atoms with Gasteiger partial charge in [0.05, 0.1) is 9.30 Å². The van der Waals surface area contributed by atoms with Crippen LogP contribution in [0.15, 0.2) is 34.8 Å². The van der Waals surface area contributed by atoms with Gasteiger partial charge in [0.25, 0.3) is 0 Å². The maximum absolute atomic E-state index is 13.7. The highest BCUT2D eigenvalue weighted by Crippen LogP contribution is 2.39. The molecule has 0 aliphatic carbocycles. The Morgan fingerprint density at radius 2 is 1.63 bits per heavy atom. The van der Waals surface area contributed by atoms with E-state index in [9.17, 15) is 4.39 Å². The van der Waals surface area contributed by atoms with E-state index in [1.165, 1.54) is 28.3 Å². The lowest BCUT2D eigenvalue weighted by molar-refractivity contribution is 0.618. The summed E-state index contributed by atoms with van der Waals surface area (Å²) in [5.41, 5.74) is 5.80. The van der Waals surface area contributed by atoms with Gasteiger partial charge in [0, 0.05) is 0 Å². The topological polar surface area (TPSA) is 0 Å². The van der Waals surface area contributed by atoms with Gasteiger partial charge in [0.15, 0.2) is 0 Å². The van der Waals surface area contributed by atoms with Crippen molar-refractivity contribution in [1.82, 2.24) is 0 Å². The predicted molar refractivity (Wildman–Crippen MR) is 85.5 cm³/mol. The Labute approximate surface area is 130 Å². The molecule has 0 aliphatic heterocycles. The third kappa shape index (κ3) is 2.92. The van der Waals surface area contributed by atoms with E-state index in [-0.39, 0.29) is 10.6 Å². The Kier molecular flexibility index (Phi) is 4.46. The molecule has 0 aliphatic rings. The van der Waals surface area contributed by atoms with Gasteiger partial charge in [0.2, 0.25) is 0 Å². The monoisotopic (exact) mass is 384 g/mol. The number of alkyl halides is 1. The van der Waals surface area contributed by atoms with Crippen LogP contribution in [-0.2, 0) is 0 Å². The molecular weight excluding hydrogens is 371 g/mol. The molecule has 0 bridgehead atoms. The number of halogens is 3. The number of rotatable bonds is 2. The molecule has 0 radical (unpaired) electrons. The van der Waals surface area contributed by atoms with Crippen molar-refractivity contribution in [1.29, 1.82) is 0 Å². The minimum Gasteiger partial charge on any atom is -0.206 e. The van der Waals surface area contributed by atoms with Gasteiger partial charge in [-0.05, 0) is 65.0 Å². The fourth-order valence-corrected chi connectivity index (χ4v) is 4.37. The lowest BCUT2D eigenvalue weighted by Crippen LogP contribution is -2.01. The van der Waals surface area contributed by atoms with Crippen LogP contribution in [0, 0.1) is 26.6 Å². The molecule has 0 heterocycles. The summed E-state index contributed by atoms with van der Waals surface area (Å²) in [5.74, 6) is -0.232. The summed E-state index contributed by atoms with van der Waals surface area (Å²) in [6, 6.07) is 9.45. The molecule has 2 aromatic rings. The molecule has 0 saturated heterocycles. The molecule has 0 saturated carbocycles. The van der Waals surface area contributed by atoms with Crippen LogP contribution in [0.3, 0.4) is 0 Å². The molecule has 0 nitrogen and oxygen atoms in total. The maximum atomic E-state index is 13.7. The summed E-state index contributed by atoms with van der Waals surface area (Å²) in [6.45, 7) is 6.28. The average molecular weight is 386 g/mol. The van der Waals surface area contributed by atoms with E-state index in [0.29, 0.717) is 4.47 Å². The minimum absolute atomic E-state index is 0.0156. The van der Waals surface area contributed by atoms with Gasteiger partial charge in [-0.1, -0.05) is 45.8 Å². The standard InChI is InChI=1S/C16H15Br2F/c1-9-7-10(2)14(11(3)8-9)16(18)12-5-4-6-13(19)15(12)17/h4-8,16H,1-3H3. The van der Waals surface area contributed by atoms with Gasteiger partial charge in [-0.25, -0.2) is 4.39 Å². The normalized spacial score (nSPS) is 12.5. The summed E-state index contributed by atoms with van der Waals surface area (Å²) >= 11 is 7.05.